The van der Waals surface area contributed by atoms with Crippen molar-refractivity contribution in [1.82, 2.24) is 9.97 Å². The van der Waals surface area contributed by atoms with Crippen LogP contribution in [0.1, 0.15) is 5.56 Å². The topological polar surface area (TPSA) is 59.5 Å². The zero-order valence-corrected chi connectivity index (χ0v) is 16.7. The van der Waals surface area contributed by atoms with Gasteiger partial charge in [0, 0.05) is 31.3 Å². The zero-order chi connectivity index (χ0) is 19.9. The van der Waals surface area contributed by atoms with Crippen molar-refractivity contribution in [3.05, 3.63) is 66.2 Å². The molecule has 0 atom stereocenters. The minimum Gasteiger partial charge on any atom is -0.497 e. The van der Waals surface area contributed by atoms with Crippen molar-refractivity contribution in [2.75, 3.05) is 50.2 Å². The van der Waals surface area contributed by atoms with Crippen LogP contribution < -0.4 is 15.0 Å². The molecule has 1 aliphatic heterocycles. The van der Waals surface area contributed by atoms with E-state index in [1.807, 2.05) is 48.5 Å². The standard InChI is InChI=1S/C23H26N4O2/c1-28-20-9-7-18(8-10-20)11-12-24-21-17-22(27-13-15-29-16-14-27)26-23(25-21)19-5-3-2-4-6-19/h2-10,17H,11-16H2,1H3,(H,24,25,26). The van der Waals surface area contributed by atoms with Crippen LogP contribution in [-0.4, -0.2) is 49.9 Å². The van der Waals surface area contributed by atoms with Crippen LogP contribution in [0.15, 0.2) is 60.7 Å². The summed E-state index contributed by atoms with van der Waals surface area (Å²) in [4.78, 5) is 11.8. The third-order valence-electron chi connectivity index (χ3n) is 4.96. The van der Waals surface area contributed by atoms with Gasteiger partial charge >= 0.3 is 0 Å². The zero-order valence-electron chi connectivity index (χ0n) is 16.7. The summed E-state index contributed by atoms with van der Waals surface area (Å²) in [7, 11) is 1.68. The first-order valence-electron chi connectivity index (χ1n) is 9.96. The van der Waals surface area contributed by atoms with E-state index in [0.29, 0.717) is 0 Å². The van der Waals surface area contributed by atoms with Gasteiger partial charge in [0.2, 0.25) is 0 Å². The van der Waals surface area contributed by atoms with Crippen molar-refractivity contribution in [2.45, 2.75) is 6.42 Å². The lowest BCUT2D eigenvalue weighted by Gasteiger charge is -2.28. The molecule has 0 spiro atoms. The molecule has 0 amide bonds. The lowest BCUT2D eigenvalue weighted by Crippen LogP contribution is -2.36. The lowest BCUT2D eigenvalue weighted by molar-refractivity contribution is 0.122. The Labute approximate surface area is 171 Å². The van der Waals surface area contributed by atoms with E-state index < -0.39 is 0 Å². The number of nitrogens with one attached hydrogen (secondary N) is 1. The molecule has 1 aromatic heterocycles. The second kappa shape index (κ2) is 9.39. The monoisotopic (exact) mass is 390 g/mol. The molecular weight excluding hydrogens is 364 g/mol. The number of morpholine rings is 1. The summed E-state index contributed by atoms with van der Waals surface area (Å²) in [6.45, 7) is 3.93. The predicted molar refractivity (Wildman–Crippen MR) is 116 cm³/mol. The normalized spacial score (nSPS) is 13.9. The van der Waals surface area contributed by atoms with Crippen LogP contribution in [0.3, 0.4) is 0 Å². The van der Waals surface area contributed by atoms with Crippen molar-refractivity contribution in [3.63, 3.8) is 0 Å². The van der Waals surface area contributed by atoms with Crippen molar-refractivity contribution in [1.29, 1.82) is 0 Å². The van der Waals surface area contributed by atoms with Crippen LogP contribution in [0.5, 0.6) is 5.75 Å². The first kappa shape index (κ1) is 19.2. The average molecular weight is 390 g/mol. The molecule has 0 saturated carbocycles. The van der Waals surface area contributed by atoms with Gasteiger partial charge < -0.3 is 19.7 Å². The Morgan fingerprint density at radius 2 is 1.76 bits per heavy atom. The van der Waals surface area contributed by atoms with Crippen molar-refractivity contribution >= 4 is 11.6 Å². The van der Waals surface area contributed by atoms with Gasteiger partial charge in [-0.25, -0.2) is 9.97 Å². The van der Waals surface area contributed by atoms with Gasteiger partial charge in [-0.1, -0.05) is 42.5 Å². The summed E-state index contributed by atoms with van der Waals surface area (Å²) in [6, 6.07) is 20.3. The maximum atomic E-state index is 5.49. The van der Waals surface area contributed by atoms with Gasteiger partial charge in [0.25, 0.3) is 0 Å². The van der Waals surface area contributed by atoms with Gasteiger partial charge in [0.05, 0.1) is 20.3 Å². The molecule has 6 nitrogen and oxygen atoms in total. The molecular formula is C23H26N4O2. The summed E-state index contributed by atoms with van der Waals surface area (Å²) < 4.78 is 10.7. The van der Waals surface area contributed by atoms with E-state index in [0.717, 1.165) is 68.0 Å². The quantitative estimate of drug-likeness (QED) is 0.665. The van der Waals surface area contributed by atoms with Crippen LogP contribution in [0.2, 0.25) is 0 Å². The van der Waals surface area contributed by atoms with Crippen molar-refractivity contribution < 1.29 is 9.47 Å². The Morgan fingerprint density at radius 1 is 1.00 bits per heavy atom. The van der Waals surface area contributed by atoms with Gasteiger partial charge in [-0.15, -0.1) is 0 Å². The molecule has 1 aliphatic rings. The Kier molecular flexibility index (Phi) is 6.22. The van der Waals surface area contributed by atoms with E-state index in [2.05, 4.69) is 22.3 Å². The van der Waals surface area contributed by atoms with Crippen LogP contribution in [0.4, 0.5) is 11.6 Å². The van der Waals surface area contributed by atoms with E-state index in [4.69, 9.17) is 19.4 Å². The van der Waals surface area contributed by atoms with E-state index in [9.17, 15) is 0 Å². The minimum atomic E-state index is 0.727. The fraction of sp³-hybridized carbons (Fsp3) is 0.304. The molecule has 0 unspecified atom stereocenters. The van der Waals surface area contributed by atoms with Crippen LogP contribution in [0, 0.1) is 0 Å². The number of nitrogens with zero attached hydrogens (tertiary/aromatic N) is 3. The maximum absolute atomic E-state index is 5.49. The molecule has 2 heterocycles. The SMILES string of the molecule is COc1ccc(CCNc2cc(N3CCOCC3)nc(-c3ccccc3)n2)cc1. The first-order valence-corrected chi connectivity index (χ1v) is 9.96. The van der Waals surface area contributed by atoms with E-state index in [1.54, 1.807) is 7.11 Å². The fourth-order valence-electron chi connectivity index (χ4n) is 3.32. The third kappa shape index (κ3) is 5.03. The smallest absolute Gasteiger partial charge is 0.163 e. The third-order valence-corrected chi connectivity index (χ3v) is 4.96. The molecule has 6 heteroatoms. The second-order valence-electron chi connectivity index (χ2n) is 6.93. The van der Waals surface area contributed by atoms with Crippen LogP contribution in [-0.2, 0) is 11.2 Å². The predicted octanol–water partition coefficient (Wildman–Crippen LogP) is 3.64. The number of methoxy groups -OCH3 is 1. The molecule has 0 bridgehead atoms. The largest absolute Gasteiger partial charge is 0.497 e. The number of benzene rings is 2. The van der Waals surface area contributed by atoms with E-state index in [1.165, 1.54) is 5.56 Å². The molecule has 2 aromatic carbocycles. The van der Waals surface area contributed by atoms with Gasteiger partial charge in [0.15, 0.2) is 5.82 Å². The van der Waals surface area contributed by atoms with Crippen molar-refractivity contribution in [3.8, 4) is 17.1 Å². The van der Waals surface area contributed by atoms with Gasteiger partial charge in [-0.05, 0) is 24.1 Å². The molecule has 0 radical (unpaired) electrons. The molecule has 150 valence electrons. The second-order valence-corrected chi connectivity index (χ2v) is 6.93. The highest BCUT2D eigenvalue weighted by molar-refractivity contribution is 5.61. The highest BCUT2D eigenvalue weighted by Crippen LogP contribution is 2.23. The molecule has 3 aromatic rings. The Bertz CT molecular complexity index is 910. The minimum absolute atomic E-state index is 0.727. The van der Waals surface area contributed by atoms with E-state index >= 15 is 0 Å². The molecule has 0 aliphatic carbocycles. The number of anilines is 2. The fourth-order valence-corrected chi connectivity index (χ4v) is 3.32. The molecule has 1 fully saturated rings. The first-order chi connectivity index (χ1) is 14.3. The van der Waals surface area contributed by atoms with Crippen LogP contribution in [0.25, 0.3) is 11.4 Å². The maximum Gasteiger partial charge on any atom is 0.163 e. The Hall–Kier alpha value is -3.12. The molecule has 4 rings (SSSR count). The Balaban J connectivity index is 1.51. The van der Waals surface area contributed by atoms with Gasteiger partial charge in [0.1, 0.15) is 17.4 Å². The number of hydrogen-bond donors (Lipinski definition) is 1. The highest BCUT2D eigenvalue weighted by atomic mass is 16.5. The van der Waals surface area contributed by atoms with Crippen molar-refractivity contribution in [2.24, 2.45) is 0 Å². The average Bonchev–Trinajstić information content (AvgIpc) is 2.80. The Morgan fingerprint density at radius 3 is 2.48 bits per heavy atom. The highest BCUT2D eigenvalue weighted by Gasteiger charge is 2.15. The van der Waals surface area contributed by atoms with Crippen LogP contribution >= 0.6 is 0 Å². The summed E-state index contributed by atoms with van der Waals surface area (Å²) >= 11 is 0. The molecule has 1 N–H and O–H groups in total. The molecule has 1 saturated heterocycles. The van der Waals surface area contributed by atoms with Gasteiger partial charge in [-0.2, -0.15) is 0 Å². The number of aromatic nitrogens is 2. The lowest BCUT2D eigenvalue weighted by atomic mass is 10.1. The summed E-state index contributed by atoms with van der Waals surface area (Å²) in [5.74, 6) is 3.39. The molecule has 29 heavy (non-hydrogen) atoms. The van der Waals surface area contributed by atoms with E-state index in [-0.39, 0.29) is 0 Å². The number of hydrogen-bond acceptors (Lipinski definition) is 6. The summed E-state index contributed by atoms with van der Waals surface area (Å²) in [6.07, 6.45) is 0.904. The summed E-state index contributed by atoms with van der Waals surface area (Å²) in [5.41, 5.74) is 2.27. The number of rotatable bonds is 7. The summed E-state index contributed by atoms with van der Waals surface area (Å²) in [5, 5.41) is 3.47. The number of ether oxygens (including phenoxy) is 2. The van der Waals surface area contributed by atoms with Gasteiger partial charge in [-0.3, -0.25) is 0 Å².